The van der Waals surface area contributed by atoms with E-state index >= 15 is 0 Å². The summed E-state index contributed by atoms with van der Waals surface area (Å²) in [5.41, 5.74) is 1.69. The van der Waals surface area contributed by atoms with Gasteiger partial charge in [0.15, 0.2) is 11.6 Å². The van der Waals surface area contributed by atoms with Crippen LogP contribution in [-0.2, 0) is 4.79 Å². The number of para-hydroxylation sites is 2. The predicted octanol–water partition coefficient (Wildman–Crippen LogP) is 3.52. The molecule has 0 saturated carbocycles. The highest BCUT2D eigenvalue weighted by molar-refractivity contribution is 5.95. The molecule has 0 spiro atoms. The molecule has 1 aromatic heterocycles. The summed E-state index contributed by atoms with van der Waals surface area (Å²) in [5, 5.41) is 3.06. The predicted molar refractivity (Wildman–Crippen MR) is 96.1 cm³/mol. The number of rotatable bonds is 3. The summed E-state index contributed by atoms with van der Waals surface area (Å²) in [4.78, 5) is 24.4. The molecule has 5 nitrogen and oxygen atoms in total. The van der Waals surface area contributed by atoms with Crippen LogP contribution >= 0.6 is 0 Å². The number of carbonyl (C=O) groups excluding carboxylic acids is 1. The van der Waals surface area contributed by atoms with Crippen molar-refractivity contribution in [3.05, 3.63) is 36.4 Å². The molecule has 0 radical (unpaired) electrons. The molecule has 1 fully saturated rings. The second-order valence-corrected chi connectivity index (χ2v) is 6.55. The molecular formula is C19H22N4O. The van der Waals surface area contributed by atoms with Gasteiger partial charge in [0.2, 0.25) is 5.91 Å². The van der Waals surface area contributed by atoms with Crippen LogP contribution in [0.2, 0.25) is 0 Å². The van der Waals surface area contributed by atoms with Gasteiger partial charge >= 0.3 is 0 Å². The number of nitrogens with one attached hydrogen (secondary N) is 1. The minimum Gasteiger partial charge on any atom is -0.354 e. The van der Waals surface area contributed by atoms with Crippen LogP contribution in [0.1, 0.15) is 32.1 Å². The number of amides is 1. The second kappa shape index (κ2) is 6.59. The highest BCUT2D eigenvalue weighted by atomic mass is 16.2. The van der Waals surface area contributed by atoms with Crippen molar-refractivity contribution >= 4 is 28.6 Å². The maximum atomic E-state index is 12.6. The minimum absolute atomic E-state index is 0.0368. The number of nitrogens with zero attached hydrogens (tertiary/aromatic N) is 3. The quantitative estimate of drug-likeness (QED) is 0.878. The first kappa shape index (κ1) is 15.1. The summed E-state index contributed by atoms with van der Waals surface area (Å²) in [5.74, 6) is 1.51. The summed E-state index contributed by atoms with van der Waals surface area (Å²) in [6.45, 7) is 1.95. The first-order chi connectivity index (χ1) is 11.8. The van der Waals surface area contributed by atoms with Crippen LogP contribution in [0.4, 0.5) is 11.6 Å². The lowest BCUT2D eigenvalue weighted by atomic mass is 9.94. The molecule has 1 saturated heterocycles. The molecule has 1 aliphatic heterocycles. The molecule has 1 atom stereocenters. The van der Waals surface area contributed by atoms with Crippen LogP contribution in [0.25, 0.3) is 11.0 Å². The van der Waals surface area contributed by atoms with Gasteiger partial charge in [-0.25, -0.2) is 9.97 Å². The van der Waals surface area contributed by atoms with Gasteiger partial charge in [0.1, 0.15) is 0 Å². The molecule has 1 amide bonds. The molecule has 2 heterocycles. The Balaban J connectivity index is 1.67. The third kappa shape index (κ3) is 2.98. The average Bonchev–Trinajstić information content (AvgIpc) is 3.16. The van der Waals surface area contributed by atoms with Crippen LogP contribution < -0.4 is 10.2 Å². The van der Waals surface area contributed by atoms with Crippen LogP contribution in [0, 0.1) is 5.92 Å². The summed E-state index contributed by atoms with van der Waals surface area (Å²) < 4.78 is 0. The van der Waals surface area contributed by atoms with Crippen LogP contribution in [0.3, 0.4) is 0 Å². The van der Waals surface area contributed by atoms with E-state index in [4.69, 9.17) is 9.97 Å². The van der Waals surface area contributed by atoms with Crippen molar-refractivity contribution in [2.75, 3.05) is 23.3 Å². The molecule has 0 unspecified atom stereocenters. The van der Waals surface area contributed by atoms with Crippen LogP contribution in [0.5, 0.6) is 0 Å². The van der Waals surface area contributed by atoms with Crippen molar-refractivity contribution in [2.45, 2.75) is 32.1 Å². The number of aromatic nitrogens is 2. The summed E-state index contributed by atoms with van der Waals surface area (Å²) in [7, 11) is 0. The number of anilines is 2. The Morgan fingerprint density at radius 2 is 1.83 bits per heavy atom. The van der Waals surface area contributed by atoms with Crippen LogP contribution in [-0.4, -0.2) is 29.0 Å². The molecule has 4 rings (SSSR count). The zero-order chi connectivity index (χ0) is 16.4. The molecule has 1 aromatic carbocycles. The molecule has 2 aromatic rings. The Morgan fingerprint density at radius 3 is 2.54 bits per heavy atom. The Labute approximate surface area is 141 Å². The van der Waals surface area contributed by atoms with E-state index < -0.39 is 0 Å². The van der Waals surface area contributed by atoms with Crippen molar-refractivity contribution in [3.8, 4) is 0 Å². The fourth-order valence-corrected chi connectivity index (χ4v) is 3.47. The van der Waals surface area contributed by atoms with E-state index in [2.05, 4.69) is 22.4 Å². The molecule has 1 aliphatic carbocycles. The molecule has 0 bridgehead atoms. The Morgan fingerprint density at radius 1 is 1.08 bits per heavy atom. The number of fused-ring (bicyclic) bond motifs is 1. The SMILES string of the molecule is O=C(Nc1nc2ccccc2nc1N1CCCC1)[C@@H]1CC=CCC1. The van der Waals surface area contributed by atoms with Gasteiger partial charge < -0.3 is 10.2 Å². The minimum atomic E-state index is 0.0368. The molecule has 1 N–H and O–H groups in total. The lowest BCUT2D eigenvalue weighted by molar-refractivity contribution is -0.120. The number of carbonyl (C=O) groups is 1. The van der Waals surface area contributed by atoms with Gasteiger partial charge in [0.05, 0.1) is 11.0 Å². The average molecular weight is 322 g/mol. The van der Waals surface area contributed by atoms with Crippen molar-refractivity contribution in [2.24, 2.45) is 5.92 Å². The smallest absolute Gasteiger partial charge is 0.229 e. The van der Waals surface area contributed by atoms with Gasteiger partial charge in [-0.1, -0.05) is 24.3 Å². The molecular weight excluding hydrogens is 300 g/mol. The first-order valence-electron chi connectivity index (χ1n) is 8.79. The lowest BCUT2D eigenvalue weighted by Crippen LogP contribution is -2.27. The Bertz CT molecular complexity index is 780. The monoisotopic (exact) mass is 322 g/mol. The summed E-state index contributed by atoms with van der Waals surface area (Å²) in [6, 6.07) is 7.83. The fourth-order valence-electron chi connectivity index (χ4n) is 3.47. The molecule has 5 heteroatoms. The number of hydrogen-bond acceptors (Lipinski definition) is 4. The summed E-state index contributed by atoms with van der Waals surface area (Å²) >= 11 is 0. The first-order valence-corrected chi connectivity index (χ1v) is 8.79. The standard InChI is InChI=1S/C19H22N4O/c24-19(14-8-2-1-3-9-14)22-17-18(23-12-6-7-13-23)21-16-11-5-4-10-15(16)20-17/h1-2,4-5,10-11,14H,3,6-9,12-13H2,(H,20,22,24)/t14-/m1/s1. The van der Waals surface area contributed by atoms with Crippen LogP contribution in [0.15, 0.2) is 36.4 Å². The largest absolute Gasteiger partial charge is 0.354 e. The van der Waals surface area contributed by atoms with E-state index in [1.54, 1.807) is 0 Å². The third-order valence-electron chi connectivity index (χ3n) is 4.84. The highest BCUT2D eigenvalue weighted by Gasteiger charge is 2.24. The van der Waals surface area contributed by atoms with Gasteiger partial charge in [-0.05, 0) is 44.2 Å². The third-order valence-corrected chi connectivity index (χ3v) is 4.84. The van der Waals surface area contributed by atoms with Gasteiger partial charge in [-0.15, -0.1) is 0 Å². The maximum absolute atomic E-state index is 12.6. The number of allylic oxidation sites excluding steroid dienone is 2. The summed E-state index contributed by atoms with van der Waals surface area (Å²) in [6.07, 6.45) is 9.26. The normalized spacial score (nSPS) is 20.5. The second-order valence-electron chi connectivity index (χ2n) is 6.55. The van der Waals surface area contributed by atoms with Gasteiger partial charge in [0.25, 0.3) is 0 Å². The van der Waals surface area contributed by atoms with Gasteiger partial charge in [0, 0.05) is 19.0 Å². The van der Waals surface area contributed by atoms with E-state index in [-0.39, 0.29) is 11.8 Å². The number of benzene rings is 1. The van der Waals surface area contributed by atoms with Gasteiger partial charge in [-0.2, -0.15) is 0 Å². The molecule has 24 heavy (non-hydrogen) atoms. The van der Waals surface area contributed by atoms with E-state index in [9.17, 15) is 4.79 Å². The maximum Gasteiger partial charge on any atom is 0.229 e. The van der Waals surface area contributed by atoms with E-state index in [0.717, 1.165) is 62.0 Å². The molecule has 124 valence electrons. The topological polar surface area (TPSA) is 58.1 Å². The van der Waals surface area contributed by atoms with Crippen molar-refractivity contribution < 1.29 is 4.79 Å². The van der Waals surface area contributed by atoms with E-state index in [1.807, 2.05) is 24.3 Å². The fraction of sp³-hybridized carbons (Fsp3) is 0.421. The zero-order valence-corrected chi connectivity index (χ0v) is 13.7. The van der Waals surface area contributed by atoms with Crippen molar-refractivity contribution in [1.82, 2.24) is 9.97 Å². The van der Waals surface area contributed by atoms with Crippen molar-refractivity contribution in [1.29, 1.82) is 0 Å². The number of hydrogen-bond donors (Lipinski definition) is 1. The van der Waals surface area contributed by atoms with Crippen molar-refractivity contribution in [3.63, 3.8) is 0 Å². The van der Waals surface area contributed by atoms with E-state index in [1.165, 1.54) is 0 Å². The Hall–Kier alpha value is -2.43. The Kier molecular flexibility index (Phi) is 4.15. The molecule has 2 aliphatic rings. The van der Waals surface area contributed by atoms with E-state index in [0.29, 0.717) is 5.82 Å². The van der Waals surface area contributed by atoms with Gasteiger partial charge in [-0.3, -0.25) is 4.79 Å². The lowest BCUT2D eigenvalue weighted by Gasteiger charge is -2.22. The highest BCUT2D eigenvalue weighted by Crippen LogP contribution is 2.29. The zero-order valence-electron chi connectivity index (χ0n) is 13.7.